The fourth-order valence-corrected chi connectivity index (χ4v) is 3.66. The number of amides is 1. The van der Waals surface area contributed by atoms with Gasteiger partial charge in [0.25, 0.3) is 5.91 Å². The second-order valence-electron chi connectivity index (χ2n) is 8.04. The van der Waals surface area contributed by atoms with Crippen molar-refractivity contribution in [2.75, 3.05) is 12.4 Å². The van der Waals surface area contributed by atoms with Gasteiger partial charge in [-0.15, -0.1) is 0 Å². The molecule has 1 amide bonds. The Hall–Kier alpha value is -5.21. The molecule has 4 aromatic rings. The number of benzene rings is 3. The molecule has 0 aliphatic heterocycles. The molecule has 1 heterocycles. The van der Waals surface area contributed by atoms with Crippen LogP contribution >= 0.6 is 0 Å². The topological polar surface area (TPSA) is 124 Å². The zero-order chi connectivity index (χ0) is 25.7. The normalized spacial score (nSPS) is 10.1. The van der Waals surface area contributed by atoms with E-state index in [0.29, 0.717) is 22.6 Å². The number of hydrogen-bond acceptors (Lipinski definition) is 7. The summed E-state index contributed by atoms with van der Waals surface area (Å²) >= 11 is 0. The number of aryl methyl sites for hydroxylation is 2. The molecule has 176 valence electrons. The second kappa shape index (κ2) is 10.4. The van der Waals surface area contributed by atoms with Crippen molar-refractivity contribution in [3.8, 4) is 34.9 Å². The SMILES string of the molecule is CNC(=O)c1cnc(Nc2ccc(C#N)cc2)nc1Oc1c(C)cc(-c2ccc(C#N)cc2)cc1C. The van der Waals surface area contributed by atoms with Gasteiger partial charge < -0.3 is 15.4 Å². The van der Waals surface area contributed by atoms with E-state index in [1.54, 1.807) is 36.4 Å². The van der Waals surface area contributed by atoms with Gasteiger partial charge in [-0.05, 0) is 84.6 Å². The average molecular weight is 475 g/mol. The van der Waals surface area contributed by atoms with Crippen LogP contribution < -0.4 is 15.4 Å². The number of carbonyl (C=O) groups excluding carboxylic acids is 1. The zero-order valence-corrected chi connectivity index (χ0v) is 20.0. The molecule has 0 fully saturated rings. The lowest BCUT2D eigenvalue weighted by Gasteiger charge is -2.16. The Balaban J connectivity index is 1.67. The Morgan fingerprint density at radius 2 is 1.47 bits per heavy atom. The van der Waals surface area contributed by atoms with E-state index in [-0.39, 0.29) is 23.3 Å². The van der Waals surface area contributed by atoms with E-state index in [1.807, 2.05) is 38.1 Å². The highest BCUT2D eigenvalue weighted by Crippen LogP contribution is 2.34. The molecule has 2 N–H and O–H groups in total. The van der Waals surface area contributed by atoms with Gasteiger partial charge in [0.2, 0.25) is 11.8 Å². The fraction of sp³-hybridized carbons (Fsp3) is 0.107. The minimum Gasteiger partial charge on any atom is -0.437 e. The first-order valence-corrected chi connectivity index (χ1v) is 11.1. The van der Waals surface area contributed by atoms with Crippen LogP contribution in [-0.2, 0) is 0 Å². The minimum atomic E-state index is -0.376. The highest BCUT2D eigenvalue weighted by Gasteiger charge is 2.18. The lowest BCUT2D eigenvalue weighted by atomic mass is 9.99. The molecule has 0 saturated carbocycles. The van der Waals surface area contributed by atoms with Gasteiger partial charge in [-0.3, -0.25) is 4.79 Å². The van der Waals surface area contributed by atoms with Crippen molar-refractivity contribution in [3.05, 3.63) is 94.7 Å². The predicted molar refractivity (Wildman–Crippen MR) is 136 cm³/mol. The van der Waals surface area contributed by atoms with Gasteiger partial charge in [0.15, 0.2) is 0 Å². The Morgan fingerprint density at radius 1 is 0.889 bits per heavy atom. The first-order chi connectivity index (χ1) is 17.4. The molecule has 1 aromatic heterocycles. The summed E-state index contributed by atoms with van der Waals surface area (Å²) in [5, 5.41) is 23.7. The Morgan fingerprint density at radius 3 is 2.03 bits per heavy atom. The lowest BCUT2D eigenvalue weighted by molar-refractivity contribution is 0.0959. The third kappa shape index (κ3) is 5.14. The number of ether oxygens (including phenoxy) is 1. The Labute approximate surface area is 208 Å². The smallest absolute Gasteiger partial charge is 0.258 e. The molecule has 0 atom stereocenters. The summed E-state index contributed by atoms with van der Waals surface area (Å²) in [7, 11) is 1.53. The summed E-state index contributed by atoms with van der Waals surface area (Å²) in [6.45, 7) is 3.85. The molecule has 0 saturated heterocycles. The molecular weight excluding hydrogens is 452 g/mol. The van der Waals surface area contributed by atoms with E-state index in [1.165, 1.54) is 13.2 Å². The number of rotatable bonds is 6. The Kier molecular flexibility index (Phi) is 6.90. The highest BCUT2D eigenvalue weighted by molar-refractivity contribution is 5.96. The molecule has 0 radical (unpaired) electrons. The van der Waals surface area contributed by atoms with Crippen LogP contribution in [0.2, 0.25) is 0 Å². The average Bonchev–Trinajstić information content (AvgIpc) is 2.90. The third-order valence-corrected chi connectivity index (χ3v) is 5.50. The van der Waals surface area contributed by atoms with Crippen LogP contribution in [0.25, 0.3) is 11.1 Å². The molecule has 0 bridgehead atoms. The van der Waals surface area contributed by atoms with E-state index >= 15 is 0 Å². The van der Waals surface area contributed by atoms with E-state index in [4.69, 9.17) is 15.3 Å². The summed E-state index contributed by atoms with van der Waals surface area (Å²) in [6.07, 6.45) is 1.41. The number of nitriles is 2. The summed E-state index contributed by atoms with van der Waals surface area (Å²) < 4.78 is 6.20. The van der Waals surface area contributed by atoms with Gasteiger partial charge in [0, 0.05) is 18.9 Å². The number of carbonyl (C=O) groups is 1. The highest BCUT2D eigenvalue weighted by atomic mass is 16.5. The van der Waals surface area contributed by atoms with Crippen molar-refractivity contribution >= 4 is 17.5 Å². The van der Waals surface area contributed by atoms with Crippen LogP contribution in [0.4, 0.5) is 11.6 Å². The van der Waals surface area contributed by atoms with E-state index < -0.39 is 0 Å². The number of aromatic nitrogens is 2. The van der Waals surface area contributed by atoms with Gasteiger partial charge in [0.05, 0.1) is 23.3 Å². The molecule has 8 nitrogen and oxygen atoms in total. The van der Waals surface area contributed by atoms with Gasteiger partial charge in [0.1, 0.15) is 11.3 Å². The van der Waals surface area contributed by atoms with E-state index in [9.17, 15) is 4.79 Å². The number of nitrogens with zero attached hydrogens (tertiary/aromatic N) is 4. The largest absolute Gasteiger partial charge is 0.437 e. The molecule has 8 heteroatoms. The Bertz CT molecular complexity index is 1490. The maximum Gasteiger partial charge on any atom is 0.258 e. The number of hydrogen-bond donors (Lipinski definition) is 2. The van der Waals surface area contributed by atoms with Gasteiger partial charge in [-0.2, -0.15) is 15.5 Å². The summed E-state index contributed by atoms with van der Waals surface area (Å²) in [5.74, 6) is 0.560. The molecule has 4 rings (SSSR count). The van der Waals surface area contributed by atoms with Crippen LogP contribution in [0.5, 0.6) is 11.6 Å². The van der Waals surface area contributed by atoms with E-state index in [2.05, 4.69) is 32.7 Å². The van der Waals surface area contributed by atoms with Crippen LogP contribution in [-0.4, -0.2) is 22.9 Å². The maximum absolute atomic E-state index is 12.5. The lowest BCUT2D eigenvalue weighted by Crippen LogP contribution is -2.19. The molecule has 0 spiro atoms. The minimum absolute atomic E-state index is 0.109. The van der Waals surface area contributed by atoms with Crippen LogP contribution in [0.3, 0.4) is 0 Å². The summed E-state index contributed by atoms with van der Waals surface area (Å²) in [6, 6.07) is 22.4. The summed E-state index contributed by atoms with van der Waals surface area (Å²) in [5.41, 5.74) is 5.70. The van der Waals surface area contributed by atoms with Crippen molar-refractivity contribution in [1.82, 2.24) is 15.3 Å². The summed E-state index contributed by atoms with van der Waals surface area (Å²) in [4.78, 5) is 21.2. The van der Waals surface area contributed by atoms with Crippen LogP contribution in [0.15, 0.2) is 66.9 Å². The van der Waals surface area contributed by atoms with E-state index in [0.717, 1.165) is 22.3 Å². The third-order valence-electron chi connectivity index (χ3n) is 5.50. The molecule has 36 heavy (non-hydrogen) atoms. The first-order valence-electron chi connectivity index (χ1n) is 11.1. The number of nitrogens with one attached hydrogen (secondary N) is 2. The second-order valence-corrected chi connectivity index (χ2v) is 8.04. The predicted octanol–water partition coefficient (Wildman–Crippen LogP) is 5.40. The van der Waals surface area contributed by atoms with Gasteiger partial charge in [-0.25, -0.2) is 4.98 Å². The van der Waals surface area contributed by atoms with Crippen molar-refractivity contribution < 1.29 is 9.53 Å². The molecule has 0 unspecified atom stereocenters. The van der Waals surface area contributed by atoms with Crippen molar-refractivity contribution in [2.24, 2.45) is 0 Å². The van der Waals surface area contributed by atoms with Crippen molar-refractivity contribution in [3.63, 3.8) is 0 Å². The fourth-order valence-electron chi connectivity index (χ4n) is 3.66. The van der Waals surface area contributed by atoms with Gasteiger partial charge in [-0.1, -0.05) is 12.1 Å². The zero-order valence-electron chi connectivity index (χ0n) is 20.0. The van der Waals surface area contributed by atoms with Crippen molar-refractivity contribution in [2.45, 2.75) is 13.8 Å². The molecule has 0 aliphatic rings. The maximum atomic E-state index is 12.5. The first kappa shape index (κ1) is 23.9. The molecule has 3 aromatic carbocycles. The van der Waals surface area contributed by atoms with Gasteiger partial charge >= 0.3 is 0 Å². The standard InChI is InChI=1S/C28H22N6O2/c1-17-12-22(21-8-4-19(14-29)5-9-21)13-18(2)25(17)36-27-24(26(35)31-3)16-32-28(34-27)33-23-10-6-20(15-30)7-11-23/h4-13,16H,1-3H3,(H,31,35)(H,32,33,34). The van der Waals surface area contributed by atoms with Crippen LogP contribution in [0, 0.1) is 36.5 Å². The monoisotopic (exact) mass is 474 g/mol. The quantitative estimate of drug-likeness (QED) is 0.383. The van der Waals surface area contributed by atoms with Crippen LogP contribution in [0.1, 0.15) is 32.6 Å². The number of anilines is 2. The molecular formula is C28H22N6O2. The van der Waals surface area contributed by atoms with Crippen molar-refractivity contribution in [1.29, 1.82) is 10.5 Å². The molecule has 0 aliphatic carbocycles.